The minimum absolute atomic E-state index is 0.545. The summed E-state index contributed by atoms with van der Waals surface area (Å²) in [5.41, 5.74) is 0. The molecule has 0 amide bonds. The molecule has 5 heavy (non-hydrogen) atoms. The van der Waals surface area contributed by atoms with Gasteiger partial charge in [0.1, 0.15) is 0 Å². The average molecular weight is 69.1 g/mol. The monoisotopic (exact) mass is 69.0 g/mol. The Morgan fingerprint density at radius 2 is 2.60 bits per heavy atom. The Bertz CT molecular complexity index is 42.1. The highest BCUT2D eigenvalue weighted by Gasteiger charge is 1.50. The van der Waals surface area contributed by atoms with Crippen LogP contribution in [-0.2, 0) is 4.74 Å². The van der Waals surface area contributed by atoms with Crippen LogP contribution in [0.25, 0.3) is 0 Å². The van der Waals surface area contributed by atoms with Crippen molar-refractivity contribution >= 4 is 0 Å². The van der Waals surface area contributed by atoms with Crippen LogP contribution in [0.2, 0.25) is 0 Å². The summed E-state index contributed by atoms with van der Waals surface area (Å²) in [6.07, 6.45) is 7.90. The van der Waals surface area contributed by atoms with Crippen LogP contribution in [0.5, 0.6) is 0 Å². The van der Waals surface area contributed by atoms with E-state index in [1.807, 2.05) is 6.92 Å². The van der Waals surface area contributed by atoms with Crippen LogP contribution in [0.4, 0.5) is 0 Å². The molecule has 1 heteroatoms. The lowest BCUT2D eigenvalue weighted by Crippen LogP contribution is -1.73. The molecular weight excluding hydrogens is 64.0 g/mol. The van der Waals surface area contributed by atoms with Crippen LogP contribution in [-0.4, -0.2) is 6.61 Å². The second-order valence-electron chi connectivity index (χ2n) is 0.535. The van der Waals surface area contributed by atoms with Crippen molar-refractivity contribution in [2.75, 3.05) is 6.61 Å². The minimum Gasteiger partial charge on any atom is -0.648 e. The maximum atomic E-state index is 6.13. The summed E-state index contributed by atoms with van der Waals surface area (Å²) in [5, 5.41) is 0. The Balaban J connectivity index is 2.48. The molecule has 0 heterocycles. The van der Waals surface area contributed by atoms with Gasteiger partial charge in [0, 0.05) is 0 Å². The van der Waals surface area contributed by atoms with E-state index in [9.17, 15) is 0 Å². The Labute approximate surface area is 31.9 Å². The van der Waals surface area contributed by atoms with Gasteiger partial charge in [-0.1, -0.05) is 0 Å². The van der Waals surface area contributed by atoms with Crippen molar-refractivity contribution in [2.24, 2.45) is 0 Å². The molecular formula is C4H5O-. The predicted octanol–water partition coefficient (Wildman–Crippen LogP) is 0.570. The fourth-order valence-electron chi connectivity index (χ4n) is 0.0722. The third-order valence-corrected chi connectivity index (χ3v) is 0.217. The van der Waals surface area contributed by atoms with Gasteiger partial charge in [0.25, 0.3) is 0 Å². The van der Waals surface area contributed by atoms with Gasteiger partial charge in [0.15, 0.2) is 0 Å². The first-order chi connectivity index (χ1) is 2.41. The third-order valence-electron chi connectivity index (χ3n) is 0.217. The van der Waals surface area contributed by atoms with E-state index in [1.165, 1.54) is 0 Å². The number of rotatable bonds is 1. The fraction of sp³-hybridized carbons (Fsp3) is 0.500. The normalized spacial score (nSPS) is 5.60. The molecule has 0 fully saturated rings. The summed E-state index contributed by atoms with van der Waals surface area (Å²) in [6, 6.07) is 0. The number of ether oxygens (including phenoxy) is 1. The minimum atomic E-state index is 0.545. The Morgan fingerprint density at radius 3 is 2.60 bits per heavy atom. The fourth-order valence-corrected chi connectivity index (χ4v) is 0.0722. The molecule has 0 spiro atoms. The third kappa shape index (κ3) is 3.36. The molecule has 28 valence electrons. The molecule has 0 aromatic rings. The summed E-state index contributed by atoms with van der Waals surface area (Å²) in [4.78, 5) is 0. The van der Waals surface area contributed by atoms with E-state index in [4.69, 9.17) is 6.42 Å². The summed E-state index contributed by atoms with van der Waals surface area (Å²) in [6.45, 7) is 2.35. The van der Waals surface area contributed by atoms with Gasteiger partial charge in [-0.3, -0.25) is 0 Å². The SMILES string of the molecule is [C-]#COCC. The predicted molar refractivity (Wildman–Crippen MR) is 18.8 cm³/mol. The van der Waals surface area contributed by atoms with Crippen LogP contribution in [0.15, 0.2) is 0 Å². The van der Waals surface area contributed by atoms with Crippen molar-refractivity contribution in [1.29, 1.82) is 0 Å². The number of hydrogen-bond donors (Lipinski definition) is 0. The molecule has 0 atom stereocenters. The van der Waals surface area contributed by atoms with Gasteiger partial charge in [0.2, 0.25) is 0 Å². The van der Waals surface area contributed by atoms with E-state index >= 15 is 0 Å². The Hall–Kier alpha value is -0.640. The van der Waals surface area contributed by atoms with Crippen molar-refractivity contribution < 1.29 is 4.74 Å². The van der Waals surface area contributed by atoms with Gasteiger partial charge in [-0.25, -0.2) is 0 Å². The van der Waals surface area contributed by atoms with E-state index < -0.39 is 0 Å². The molecule has 0 saturated heterocycles. The highest BCUT2D eigenvalue weighted by molar-refractivity contribution is 4.53. The standard InChI is InChI=1S/C4H5O/c1-3-5-4-2/h3H2,1H3/q-1. The first-order valence-corrected chi connectivity index (χ1v) is 1.45. The van der Waals surface area contributed by atoms with Gasteiger partial charge in [-0.2, -0.15) is 0 Å². The first-order valence-electron chi connectivity index (χ1n) is 1.45. The van der Waals surface area contributed by atoms with Crippen LogP contribution >= 0.6 is 0 Å². The van der Waals surface area contributed by atoms with E-state index in [2.05, 4.69) is 4.74 Å². The summed E-state index contributed by atoms with van der Waals surface area (Å²) in [7, 11) is 0. The van der Waals surface area contributed by atoms with Gasteiger partial charge in [0.05, 0.1) is 6.61 Å². The maximum Gasteiger partial charge on any atom is 0.0928 e. The zero-order valence-corrected chi connectivity index (χ0v) is 3.12. The first kappa shape index (κ1) is 4.36. The molecule has 0 N–H and O–H groups in total. The van der Waals surface area contributed by atoms with Gasteiger partial charge in [-0.15, -0.1) is 6.11 Å². The van der Waals surface area contributed by atoms with Gasteiger partial charge in [-0.05, 0) is 6.92 Å². The topological polar surface area (TPSA) is 9.23 Å². The van der Waals surface area contributed by atoms with E-state index in [0.29, 0.717) is 6.61 Å². The molecule has 0 aromatic carbocycles. The zero-order chi connectivity index (χ0) is 4.12. The van der Waals surface area contributed by atoms with Crippen LogP contribution < -0.4 is 0 Å². The highest BCUT2D eigenvalue weighted by atomic mass is 16.5. The highest BCUT2D eigenvalue weighted by Crippen LogP contribution is 1.58. The zero-order valence-electron chi connectivity index (χ0n) is 3.12. The van der Waals surface area contributed by atoms with Crippen molar-refractivity contribution in [3.63, 3.8) is 0 Å². The van der Waals surface area contributed by atoms with Gasteiger partial charge >= 0.3 is 0 Å². The van der Waals surface area contributed by atoms with E-state index in [1.54, 1.807) is 6.11 Å². The largest absolute Gasteiger partial charge is 0.648 e. The lowest BCUT2D eigenvalue weighted by molar-refractivity contribution is 0.298. The van der Waals surface area contributed by atoms with Crippen molar-refractivity contribution in [3.8, 4) is 6.11 Å². The molecule has 0 aliphatic rings. The molecule has 0 rings (SSSR count). The second-order valence-corrected chi connectivity index (χ2v) is 0.535. The van der Waals surface area contributed by atoms with Crippen molar-refractivity contribution in [1.82, 2.24) is 0 Å². The molecule has 0 radical (unpaired) electrons. The Morgan fingerprint density at radius 1 is 2.00 bits per heavy atom. The summed E-state index contributed by atoms with van der Waals surface area (Å²) < 4.78 is 4.25. The maximum absolute atomic E-state index is 6.13. The molecule has 0 bridgehead atoms. The lowest BCUT2D eigenvalue weighted by atomic mass is 10.9. The quantitative estimate of drug-likeness (QED) is 0.323. The Kier molecular flexibility index (Phi) is 2.93. The van der Waals surface area contributed by atoms with Gasteiger partial charge < -0.3 is 11.2 Å². The van der Waals surface area contributed by atoms with Crippen LogP contribution in [0.3, 0.4) is 0 Å². The lowest BCUT2D eigenvalue weighted by Gasteiger charge is -1.88. The van der Waals surface area contributed by atoms with Crippen molar-refractivity contribution in [2.45, 2.75) is 6.92 Å². The van der Waals surface area contributed by atoms with Crippen molar-refractivity contribution in [3.05, 3.63) is 6.42 Å². The molecule has 0 unspecified atom stereocenters. The van der Waals surface area contributed by atoms with E-state index in [-0.39, 0.29) is 0 Å². The number of hydrogen-bond acceptors (Lipinski definition) is 1. The summed E-state index contributed by atoms with van der Waals surface area (Å²) in [5.74, 6) is 0. The molecule has 0 aromatic heterocycles. The molecule has 0 saturated carbocycles. The summed E-state index contributed by atoms with van der Waals surface area (Å²) >= 11 is 0. The van der Waals surface area contributed by atoms with E-state index in [0.717, 1.165) is 0 Å². The van der Waals surface area contributed by atoms with Crippen LogP contribution in [0, 0.1) is 12.5 Å². The molecule has 1 nitrogen and oxygen atoms in total. The average Bonchev–Trinajstić information content (AvgIpc) is 1.41. The van der Waals surface area contributed by atoms with Crippen LogP contribution in [0.1, 0.15) is 6.92 Å². The molecule has 0 aliphatic carbocycles. The second kappa shape index (κ2) is 3.36. The molecule has 0 aliphatic heterocycles. The smallest absolute Gasteiger partial charge is 0.0928 e.